The summed E-state index contributed by atoms with van der Waals surface area (Å²) in [5.74, 6) is 0.0108. The Balaban J connectivity index is 1.95. The summed E-state index contributed by atoms with van der Waals surface area (Å²) in [7, 11) is 0. The molecule has 0 aromatic heterocycles. The van der Waals surface area contributed by atoms with Crippen LogP contribution in [0.15, 0.2) is 0 Å². The molecule has 2 rings (SSSR count). The van der Waals surface area contributed by atoms with E-state index in [1.165, 1.54) is 0 Å². The van der Waals surface area contributed by atoms with Gasteiger partial charge in [0.25, 0.3) is 5.91 Å². The van der Waals surface area contributed by atoms with Gasteiger partial charge >= 0.3 is 0 Å². The van der Waals surface area contributed by atoms with Crippen LogP contribution >= 0.6 is 0 Å². The molecule has 0 aromatic rings. The fourth-order valence-electron chi connectivity index (χ4n) is 2.08. The molecule has 0 aromatic carbocycles. The molecule has 0 spiro atoms. The molecule has 2 aliphatic heterocycles. The molecule has 2 aliphatic rings. The van der Waals surface area contributed by atoms with Gasteiger partial charge in [0.2, 0.25) is 0 Å². The van der Waals surface area contributed by atoms with Gasteiger partial charge in [-0.3, -0.25) is 4.79 Å². The molecule has 6 heteroatoms. The molecule has 0 radical (unpaired) electrons. The molecule has 2 heterocycles. The van der Waals surface area contributed by atoms with Gasteiger partial charge in [-0.25, -0.2) is 0 Å². The van der Waals surface area contributed by atoms with E-state index < -0.39 is 6.10 Å². The maximum Gasteiger partial charge on any atom is 0.254 e. The van der Waals surface area contributed by atoms with Crippen LogP contribution < -0.4 is 11.1 Å². The number of hydrogen-bond acceptors (Lipinski definition) is 5. The Labute approximate surface area is 95.1 Å². The summed E-state index contributed by atoms with van der Waals surface area (Å²) < 4.78 is 10.7. The van der Waals surface area contributed by atoms with E-state index in [4.69, 9.17) is 15.2 Å². The zero-order chi connectivity index (χ0) is 11.4. The number of nitrogens with one attached hydrogen (secondary N) is 1. The Kier molecular flexibility index (Phi) is 4.11. The van der Waals surface area contributed by atoms with E-state index in [-0.39, 0.29) is 11.9 Å². The van der Waals surface area contributed by atoms with Crippen LogP contribution in [-0.2, 0) is 14.3 Å². The van der Waals surface area contributed by atoms with Crippen LogP contribution in [0, 0.1) is 0 Å². The molecule has 6 nitrogen and oxygen atoms in total. The number of nitrogens with two attached hydrogens (primary N) is 1. The van der Waals surface area contributed by atoms with E-state index in [9.17, 15) is 4.79 Å². The van der Waals surface area contributed by atoms with Gasteiger partial charge in [0.1, 0.15) is 0 Å². The van der Waals surface area contributed by atoms with Gasteiger partial charge < -0.3 is 25.4 Å². The lowest BCUT2D eigenvalue weighted by Gasteiger charge is -2.38. The smallest absolute Gasteiger partial charge is 0.254 e. The molecule has 1 amide bonds. The van der Waals surface area contributed by atoms with Crippen molar-refractivity contribution in [3.05, 3.63) is 0 Å². The largest absolute Gasteiger partial charge is 0.376 e. The summed E-state index contributed by atoms with van der Waals surface area (Å²) in [5.41, 5.74) is 5.66. The average molecular weight is 229 g/mol. The highest BCUT2D eigenvalue weighted by Crippen LogP contribution is 2.10. The van der Waals surface area contributed by atoms with Crippen molar-refractivity contribution in [3.8, 4) is 0 Å². The standard InChI is InChI=1S/C10H19N3O3/c11-5-8-6-12-1-2-13(8)10(14)9-7-15-3-4-16-9/h8-9,12H,1-7,11H2. The first-order valence-corrected chi connectivity index (χ1v) is 5.73. The lowest BCUT2D eigenvalue weighted by Crippen LogP contribution is -2.59. The van der Waals surface area contributed by atoms with Gasteiger partial charge in [-0.15, -0.1) is 0 Å². The maximum atomic E-state index is 12.2. The summed E-state index contributed by atoms with van der Waals surface area (Å²) in [5, 5.41) is 3.23. The Bertz CT molecular complexity index is 243. The van der Waals surface area contributed by atoms with E-state index in [1.54, 1.807) is 0 Å². The second-order valence-electron chi connectivity index (χ2n) is 4.06. The SMILES string of the molecule is NCC1CNCCN1C(=O)C1COCCO1. The van der Waals surface area contributed by atoms with Crippen LogP contribution in [-0.4, -0.2) is 69.0 Å². The van der Waals surface area contributed by atoms with Crippen molar-refractivity contribution in [1.82, 2.24) is 10.2 Å². The van der Waals surface area contributed by atoms with E-state index in [1.807, 2.05) is 4.90 Å². The molecule has 3 N–H and O–H groups in total. The van der Waals surface area contributed by atoms with Crippen LogP contribution in [0.2, 0.25) is 0 Å². The summed E-state index contributed by atoms with van der Waals surface area (Å²) in [6.07, 6.45) is -0.444. The predicted molar refractivity (Wildman–Crippen MR) is 58.0 cm³/mol. The number of rotatable bonds is 2. The Morgan fingerprint density at radius 1 is 1.50 bits per heavy atom. The fourth-order valence-corrected chi connectivity index (χ4v) is 2.08. The molecule has 0 saturated carbocycles. The monoisotopic (exact) mass is 229 g/mol. The van der Waals surface area contributed by atoms with Crippen LogP contribution in [0.1, 0.15) is 0 Å². The van der Waals surface area contributed by atoms with Crippen molar-refractivity contribution >= 4 is 5.91 Å². The molecule has 0 aliphatic carbocycles. The van der Waals surface area contributed by atoms with Crippen molar-refractivity contribution in [2.45, 2.75) is 12.1 Å². The van der Waals surface area contributed by atoms with Gasteiger partial charge in [0.05, 0.1) is 25.9 Å². The first kappa shape index (κ1) is 11.8. The molecule has 2 fully saturated rings. The van der Waals surface area contributed by atoms with E-state index >= 15 is 0 Å². The van der Waals surface area contributed by atoms with Crippen LogP contribution in [0.5, 0.6) is 0 Å². The van der Waals surface area contributed by atoms with Crippen LogP contribution in [0.4, 0.5) is 0 Å². The molecule has 92 valence electrons. The molecule has 2 saturated heterocycles. The number of ether oxygens (including phenoxy) is 2. The third-order valence-corrected chi connectivity index (χ3v) is 3.00. The molecule has 2 unspecified atom stereocenters. The van der Waals surface area contributed by atoms with E-state index in [0.717, 1.165) is 13.1 Å². The minimum absolute atomic E-state index is 0.0108. The third-order valence-electron chi connectivity index (χ3n) is 3.00. The number of nitrogens with zero attached hydrogens (tertiary/aromatic N) is 1. The quantitative estimate of drug-likeness (QED) is 0.582. The number of amides is 1. The van der Waals surface area contributed by atoms with E-state index in [0.29, 0.717) is 32.9 Å². The molecular weight excluding hydrogens is 210 g/mol. The van der Waals surface area contributed by atoms with Crippen molar-refractivity contribution in [1.29, 1.82) is 0 Å². The number of carbonyl (C=O) groups is 1. The van der Waals surface area contributed by atoms with E-state index in [2.05, 4.69) is 5.32 Å². The number of piperazine rings is 1. The van der Waals surface area contributed by atoms with Crippen LogP contribution in [0.3, 0.4) is 0 Å². The lowest BCUT2D eigenvalue weighted by atomic mass is 10.1. The summed E-state index contributed by atoms with van der Waals surface area (Å²) in [4.78, 5) is 14.0. The minimum Gasteiger partial charge on any atom is -0.376 e. The van der Waals surface area contributed by atoms with Crippen molar-refractivity contribution in [2.24, 2.45) is 5.73 Å². The first-order chi connectivity index (χ1) is 7.83. The predicted octanol–water partition coefficient (Wildman–Crippen LogP) is -1.84. The third kappa shape index (κ3) is 2.52. The second-order valence-corrected chi connectivity index (χ2v) is 4.06. The summed E-state index contributed by atoms with van der Waals surface area (Å²) in [6, 6.07) is 0.0757. The van der Waals surface area contributed by atoms with Crippen molar-refractivity contribution in [2.75, 3.05) is 46.0 Å². The maximum absolute atomic E-state index is 12.2. The zero-order valence-electron chi connectivity index (χ0n) is 9.35. The normalized spacial score (nSPS) is 31.4. The van der Waals surface area contributed by atoms with Crippen LogP contribution in [0.25, 0.3) is 0 Å². The molecular formula is C10H19N3O3. The zero-order valence-corrected chi connectivity index (χ0v) is 9.35. The Hall–Kier alpha value is -0.690. The number of carbonyl (C=O) groups excluding carboxylic acids is 1. The highest BCUT2D eigenvalue weighted by molar-refractivity contribution is 5.81. The lowest BCUT2D eigenvalue weighted by molar-refractivity contribution is -0.160. The Morgan fingerprint density at radius 2 is 2.38 bits per heavy atom. The topological polar surface area (TPSA) is 76.8 Å². The highest BCUT2D eigenvalue weighted by atomic mass is 16.6. The van der Waals surface area contributed by atoms with Gasteiger partial charge in [0.15, 0.2) is 6.10 Å². The fraction of sp³-hybridized carbons (Fsp3) is 0.900. The molecule has 0 bridgehead atoms. The summed E-state index contributed by atoms with van der Waals surface area (Å²) in [6.45, 7) is 4.18. The van der Waals surface area contributed by atoms with Gasteiger partial charge in [0, 0.05) is 26.2 Å². The Morgan fingerprint density at radius 3 is 3.06 bits per heavy atom. The second kappa shape index (κ2) is 5.58. The summed E-state index contributed by atoms with van der Waals surface area (Å²) >= 11 is 0. The first-order valence-electron chi connectivity index (χ1n) is 5.73. The average Bonchev–Trinajstić information content (AvgIpc) is 2.39. The van der Waals surface area contributed by atoms with Gasteiger partial charge in [-0.1, -0.05) is 0 Å². The minimum atomic E-state index is -0.444. The highest BCUT2D eigenvalue weighted by Gasteiger charge is 2.32. The molecule has 2 atom stereocenters. The van der Waals surface area contributed by atoms with Gasteiger partial charge in [-0.2, -0.15) is 0 Å². The van der Waals surface area contributed by atoms with Crippen molar-refractivity contribution < 1.29 is 14.3 Å². The van der Waals surface area contributed by atoms with Crippen molar-refractivity contribution in [3.63, 3.8) is 0 Å². The van der Waals surface area contributed by atoms with Gasteiger partial charge in [-0.05, 0) is 0 Å². The number of hydrogen-bond donors (Lipinski definition) is 2. The molecule has 16 heavy (non-hydrogen) atoms.